The second-order valence-corrected chi connectivity index (χ2v) is 5.20. The molecule has 3 N–H and O–H groups in total. The summed E-state index contributed by atoms with van der Waals surface area (Å²) in [6.07, 6.45) is -1.77. The number of nitrogens with one attached hydrogen (secondary N) is 1. The summed E-state index contributed by atoms with van der Waals surface area (Å²) in [6.45, 7) is 1.03. The smallest absolute Gasteiger partial charge is 0.333 e. The normalized spacial score (nSPS) is 13.5. The molecule has 0 bridgehead atoms. The Morgan fingerprint density at radius 1 is 1.65 bits per heavy atom. The Balaban J connectivity index is 2.55. The molecule has 0 aliphatic heterocycles. The molecule has 1 aromatic heterocycles. The Morgan fingerprint density at radius 2 is 2.29 bits per heavy atom. The quantitative estimate of drug-likeness (QED) is 0.591. The van der Waals surface area contributed by atoms with E-state index in [0.29, 0.717) is 5.76 Å². The largest absolute Gasteiger partial charge is 0.479 e. The van der Waals surface area contributed by atoms with Crippen molar-refractivity contribution in [2.24, 2.45) is 0 Å². The molecule has 0 aromatic carbocycles. The Kier molecular flexibility index (Phi) is 4.21. The minimum Gasteiger partial charge on any atom is -0.479 e. The lowest BCUT2D eigenvalue weighted by Gasteiger charge is -2.07. The Hall–Kier alpha value is -1.45. The van der Waals surface area contributed by atoms with Crippen molar-refractivity contribution in [3.05, 3.63) is 17.5 Å². The van der Waals surface area contributed by atoms with Gasteiger partial charge in [-0.3, -0.25) is 0 Å². The zero-order valence-electron chi connectivity index (χ0n) is 8.95. The molecule has 0 fully saturated rings. The van der Waals surface area contributed by atoms with E-state index in [1.807, 2.05) is 4.72 Å². The number of rotatable bonds is 6. The van der Waals surface area contributed by atoms with Crippen LogP contribution in [0.25, 0.3) is 0 Å². The molecule has 1 aromatic rings. The number of aliphatic carboxylic acids is 1. The third-order valence-electron chi connectivity index (χ3n) is 1.80. The van der Waals surface area contributed by atoms with Crippen molar-refractivity contribution in [1.82, 2.24) is 9.88 Å². The number of aliphatic hydroxyl groups is 1. The average molecular weight is 264 g/mol. The van der Waals surface area contributed by atoms with E-state index >= 15 is 0 Å². The first-order chi connectivity index (χ1) is 7.80. The number of aromatic nitrogens is 1. The number of hydrogen-bond donors (Lipinski definition) is 3. The van der Waals surface area contributed by atoms with Crippen molar-refractivity contribution in [2.45, 2.75) is 18.8 Å². The monoisotopic (exact) mass is 264 g/mol. The van der Waals surface area contributed by atoms with Gasteiger partial charge in [-0.1, -0.05) is 5.16 Å². The van der Waals surface area contributed by atoms with E-state index in [0.717, 1.165) is 0 Å². The van der Waals surface area contributed by atoms with Crippen molar-refractivity contribution in [1.29, 1.82) is 0 Å². The number of aryl methyl sites for hydroxylation is 1. The molecule has 0 saturated carbocycles. The van der Waals surface area contributed by atoms with Crippen LogP contribution >= 0.6 is 0 Å². The van der Waals surface area contributed by atoms with Gasteiger partial charge >= 0.3 is 5.97 Å². The Morgan fingerprint density at radius 3 is 2.76 bits per heavy atom. The van der Waals surface area contributed by atoms with Crippen LogP contribution in [0.1, 0.15) is 11.5 Å². The van der Waals surface area contributed by atoms with Gasteiger partial charge in [-0.15, -0.1) is 0 Å². The third kappa shape index (κ3) is 4.51. The fraction of sp³-hybridized carbons (Fsp3) is 0.500. The highest BCUT2D eigenvalue weighted by molar-refractivity contribution is 7.88. The van der Waals surface area contributed by atoms with Crippen LogP contribution < -0.4 is 4.72 Å². The Bertz CT molecular complexity index is 494. The van der Waals surface area contributed by atoms with Gasteiger partial charge in [0.05, 0.1) is 0 Å². The molecule has 1 rings (SSSR count). The molecule has 1 heterocycles. The zero-order valence-corrected chi connectivity index (χ0v) is 9.77. The maximum atomic E-state index is 11.4. The van der Waals surface area contributed by atoms with Gasteiger partial charge in [-0.25, -0.2) is 17.9 Å². The van der Waals surface area contributed by atoms with E-state index in [4.69, 9.17) is 10.2 Å². The van der Waals surface area contributed by atoms with E-state index in [9.17, 15) is 13.2 Å². The third-order valence-corrected chi connectivity index (χ3v) is 3.08. The summed E-state index contributed by atoms with van der Waals surface area (Å²) in [5, 5.41) is 20.7. The zero-order chi connectivity index (χ0) is 13.1. The van der Waals surface area contributed by atoms with Gasteiger partial charge in [0, 0.05) is 12.6 Å². The lowest BCUT2D eigenvalue weighted by molar-refractivity contribution is -0.146. The highest BCUT2D eigenvalue weighted by atomic mass is 32.2. The first-order valence-electron chi connectivity index (χ1n) is 4.60. The van der Waals surface area contributed by atoms with E-state index in [1.54, 1.807) is 6.92 Å². The molecule has 0 amide bonds. The molecule has 0 unspecified atom stereocenters. The molecule has 0 saturated heterocycles. The number of hydrogen-bond acceptors (Lipinski definition) is 6. The van der Waals surface area contributed by atoms with Gasteiger partial charge in [0.25, 0.3) is 0 Å². The molecule has 0 radical (unpaired) electrons. The highest BCUT2D eigenvalue weighted by Crippen LogP contribution is 2.05. The van der Waals surface area contributed by atoms with Gasteiger partial charge in [-0.2, -0.15) is 0 Å². The van der Waals surface area contributed by atoms with Crippen LogP contribution in [-0.2, 0) is 20.6 Å². The van der Waals surface area contributed by atoms with Crippen LogP contribution in [0, 0.1) is 6.92 Å². The first kappa shape index (κ1) is 13.6. The maximum Gasteiger partial charge on any atom is 0.333 e. The topological polar surface area (TPSA) is 130 Å². The van der Waals surface area contributed by atoms with Crippen LogP contribution in [-0.4, -0.2) is 42.4 Å². The van der Waals surface area contributed by atoms with Crippen molar-refractivity contribution >= 4 is 16.0 Å². The number of carboxylic acids is 1. The van der Waals surface area contributed by atoms with Crippen molar-refractivity contribution in [3.63, 3.8) is 0 Å². The Labute approximate surface area is 97.3 Å². The molecule has 9 heteroatoms. The van der Waals surface area contributed by atoms with Crippen LogP contribution in [0.3, 0.4) is 0 Å². The maximum absolute atomic E-state index is 11.4. The van der Waals surface area contributed by atoms with Gasteiger partial charge in [-0.05, 0) is 6.92 Å². The van der Waals surface area contributed by atoms with E-state index in [1.165, 1.54) is 6.07 Å². The van der Waals surface area contributed by atoms with E-state index < -0.39 is 34.4 Å². The predicted molar refractivity (Wildman–Crippen MR) is 55.5 cm³/mol. The minimum atomic E-state index is -3.75. The molecule has 8 nitrogen and oxygen atoms in total. The fourth-order valence-electron chi connectivity index (χ4n) is 1.02. The molecular formula is C8H12N2O6S. The SMILES string of the molecule is Cc1cc(CS(=O)(=O)NC[C@H](O)C(=O)O)no1. The summed E-state index contributed by atoms with van der Waals surface area (Å²) in [6, 6.07) is 1.45. The van der Waals surface area contributed by atoms with Gasteiger partial charge in [0.15, 0.2) is 6.10 Å². The fourth-order valence-corrected chi connectivity index (χ4v) is 2.06. The van der Waals surface area contributed by atoms with E-state index in [2.05, 4.69) is 9.68 Å². The van der Waals surface area contributed by atoms with Gasteiger partial charge in [0.2, 0.25) is 10.0 Å². The second-order valence-electron chi connectivity index (χ2n) is 3.39. The average Bonchev–Trinajstić information content (AvgIpc) is 2.59. The molecule has 0 aliphatic rings. The lowest BCUT2D eigenvalue weighted by Crippen LogP contribution is -2.37. The number of sulfonamides is 1. The van der Waals surface area contributed by atoms with Gasteiger partial charge < -0.3 is 14.7 Å². The summed E-state index contributed by atoms with van der Waals surface area (Å²) in [5.41, 5.74) is 0.208. The summed E-state index contributed by atoms with van der Waals surface area (Å²) < 4.78 is 29.5. The molecule has 1 atom stereocenters. The molecule has 0 spiro atoms. The van der Waals surface area contributed by atoms with Crippen LogP contribution in [0.15, 0.2) is 10.6 Å². The standard InChI is InChI=1S/C8H12N2O6S/c1-5-2-6(10-16-5)4-17(14,15)9-3-7(11)8(12)13/h2,7,9,11H,3-4H2,1H3,(H,12,13)/t7-/m0/s1. The van der Waals surface area contributed by atoms with Crippen molar-refractivity contribution in [2.75, 3.05) is 6.54 Å². The molecule has 17 heavy (non-hydrogen) atoms. The summed E-state index contributed by atoms with van der Waals surface area (Å²) in [7, 11) is -3.75. The minimum absolute atomic E-state index is 0.208. The molecule has 96 valence electrons. The van der Waals surface area contributed by atoms with Crippen LogP contribution in [0.5, 0.6) is 0 Å². The highest BCUT2D eigenvalue weighted by Gasteiger charge is 2.19. The molecule has 0 aliphatic carbocycles. The number of carboxylic acid groups (broad SMARTS) is 1. The number of carbonyl (C=O) groups is 1. The van der Waals surface area contributed by atoms with Gasteiger partial charge in [0.1, 0.15) is 17.2 Å². The molecular weight excluding hydrogens is 252 g/mol. The number of nitrogens with zero attached hydrogens (tertiary/aromatic N) is 1. The summed E-state index contributed by atoms with van der Waals surface area (Å²) in [4.78, 5) is 10.3. The predicted octanol–water partition coefficient (Wildman–Crippen LogP) is -1.15. The van der Waals surface area contributed by atoms with Crippen molar-refractivity contribution in [3.8, 4) is 0 Å². The number of aliphatic hydroxyl groups excluding tert-OH is 1. The second kappa shape index (κ2) is 5.25. The summed E-state index contributed by atoms with van der Waals surface area (Å²) in [5.74, 6) is -1.46. The summed E-state index contributed by atoms with van der Waals surface area (Å²) >= 11 is 0. The lowest BCUT2D eigenvalue weighted by atomic mass is 10.4. The van der Waals surface area contributed by atoms with E-state index in [-0.39, 0.29) is 5.69 Å². The van der Waals surface area contributed by atoms with Crippen LogP contribution in [0.2, 0.25) is 0 Å². The first-order valence-corrected chi connectivity index (χ1v) is 6.26. The van der Waals surface area contributed by atoms with Crippen LogP contribution in [0.4, 0.5) is 0 Å². The van der Waals surface area contributed by atoms with Crippen molar-refractivity contribution < 1.29 is 27.9 Å².